The molecule has 1 aliphatic rings. The predicted octanol–water partition coefficient (Wildman–Crippen LogP) is 4.55. The number of carbonyl (C=O) groups is 1. The number of nitrogens with one attached hydrogen (secondary N) is 1. The van der Waals surface area contributed by atoms with E-state index in [1.807, 2.05) is 12.1 Å². The molecule has 0 saturated carbocycles. The van der Waals surface area contributed by atoms with Crippen LogP contribution in [0.2, 0.25) is 0 Å². The van der Waals surface area contributed by atoms with Gasteiger partial charge < -0.3 is 15.4 Å². The largest absolute Gasteiger partial charge is 0.506 e. The van der Waals surface area contributed by atoms with Crippen molar-refractivity contribution in [3.8, 4) is 5.75 Å². The molecule has 4 rings (SSSR count). The van der Waals surface area contributed by atoms with Crippen LogP contribution in [0.1, 0.15) is 22.3 Å². The molecular formula is C23H21BrN4O2. The fourth-order valence-corrected chi connectivity index (χ4v) is 3.81. The molecule has 6 nitrogen and oxygen atoms in total. The predicted molar refractivity (Wildman–Crippen MR) is 124 cm³/mol. The smallest absolute Gasteiger partial charge is 0.271 e. The van der Waals surface area contributed by atoms with Gasteiger partial charge in [0.15, 0.2) is 0 Å². The number of nitrogens with zero attached hydrogens (tertiary/aromatic N) is 2. The van der Waals surface area contributed by atoms with Gasteiger partial charge in [-0.2, -0.15) is 5.10 Å². The SMILES string of the molecule is Nc1cc(C(=O)N/N=C/c2cccc3c2ccn3CC2C=CC(Br)=CC2)ccc1O. The van der Waals surface area contributed by atoms with E-state index in [0.29, 0.717) is 11.5 Å². The lowest BCUT2D eigenvalue weighted by atomic mass is 10.0. The second kappa shape index (κ2) is 8.59. The van der Waals surface area contributed by atoms with Gasteiger partial charge in [0, 0.05) is 39.3 Å². The summed E-state index contributed by atoms with van der Waals surface area (Å²) in [6.45, 7) is 0.899. The molecule has 1 atom stereocenters. The minimum absolute atomic E-state index is 0.0568. The highest BCUT2D eigenvalue weighted by molar-refractivity contribution is 9.11. The maximum absolute atomic E-state index is 12.2. The van der Waals surface area contributed by atoms with Gasteiger partial charge in [0.1, 0.15) is 5.75 Å². The van der Waals surface area contributed by atoms with E-state index < -0.39 is 5.91 Å². The van der Waals surface area contributed by atoms with Gasteiger partial charge in [-0.3, -0.25) is 4.79 Å². The number of nitrogens with two attached hydrogens (primary N) is 1. The van der Waals surface area contributed by atoms with Crippen LogP contribution >= 0.6 is 15.9 Å². The average Bonchev–Trinajstić information content (AvgIpc) is 3.15. The normalized spacial score (nSPS) is 16.2. The van der Waals surface area contributed by atoms with Crippen LogP contribution in [0.3, 0.4) is 0 Å². The zero-order valence-electron chi connectivity index (χ0n) is 16.1. The molecular weight excluding hydrogens is 444 g/mol. The van der Waals surface area contributed by atoms with Gasteiger partial charge in [-0.15, -0.1) is 0 Å². The molecule has 0 bridgehead atoms. The van der Waals surface area contributed by atoms with Crippen LogP contribution in [0.15, 0.2) is 76.5 Å². The molecule has 3 aromatic rings. The standard InChI is InChI=1S/C23H21BrN4O2/c24-18-7-4-15(5-8-18)14-28-11-10-19-17(2-1-3-21(19)28)13-26-27-23(30)16-6-9-22(29)20(25)12-16/h1-4,6-13,15,29H,5,14,25H2,(H,27,30)/b26-13+. The van der Waals surface area contributed by atoms with Crippen molar-refractivity contribution in [2.24, 2.45) is 11.0 Å². The maximum atomic E-state index is 12.2. The summed E-state index contributed by atoms with van der Waals surface area (Å²) in [5, 5.41) is 14.6. The minimum Gasteiger partial charge on any atom is -0.506 e. The second-order valence-corrected chi connectivity index (χ2v) is 8.08. The van der Waals surface area contributed by atoms with E-state index in [2.05, 4.69) is 67.6 Å². The van der Waals surface area contributed by atoms with Crippen LogP contribution in [0.4, 0.5) is 5.69 Å². The van der Waals surface area contributed by atoms with Crippen LogP contribution in [0.25, 0.3) is 10.9 Å². The Morgan fingerprint density at radius 1 is 1.33 bits per heavy atom. The molecule has 2 aromatic carbocycles. The monoisotopic (exact) mass is 464 g/mol. The van der Waals surface area contributed by atoms with Gasteiger partial charge in [0.2, 0.25) is 0 Å². The first-order valence-corrected chi connectivity index (χ1v) is 10.3. The molecule has 1 unspecified atom stereocenters. The third-order valence-electron chi connectivity index (χ3n) is 5.08. The number of anilines is 1. The minimum atomic E-state index is -0.397. The number of allylic oxidation sites excluding steroid dienone is 4. The van der Waals surface area contributed by atoms with Gasteiger partial charge in [-0.05, 0) is 42.7 Å². The maximum Gasteiger partial charge on any atom is 0.271 e. The summed E-state index contributed by atoms with van der Waals surface area (Å²) >= 11 is 3.50. The summed E-state index contributed by atoms with van der Waals surface area (Å²) in [6, 6.07) is 12.4. The molecule has 0 saturated heterocycles. The van der Waals surface area contributed by atoms with E-state index in [9.17, 15) is 9.90 Å². The van der Waals surface area contributed by atoms with Gasteiger partial charge in [-0.25, -0.2) is 5.43 Å². The topological polar surface area (TPSA) is 92.6 Å². The number of hydrazone groups is 1. The van der Waals surface area contributed by atoms with Crippen LogP contribution in [-0.4, -0.2) is 21.8 Å². The number of benzene rings is 2. The van der Waals surface area contributed by atoms with Crippen molar-refractivity contribution in [3.63, 3.8) is 0 Å². The average molecular weight is 465 g/mol. The fourth-order valence-electron chi connectivity index (χ4n) is 3.47. The summed E-state index contributed by atoms with van der Waals surface area (Å²) in [6.07, 6.45) is 11.2. The molecule has 152 valence electrons. The van der Waals surface area contributed by atoms with E-state index in [-0.39, 0.29) is 11.4 Å². The number of amides is 1. The van der Waals surface area contributed by atoms with E-state index >= 15 is 0 Å². The Labute approximate surface area is 182 Å². The highest BCUT2D eigenvalue weighted by Crippen LogP contribution is 2.25. The van der Waals surface area contributed by atoms with E-state index in [1.165, 1.54) is 18.2 Å². The van der Waals surface area contributed by atoms with Gasteiger partial charge >= 0.3 is 0 Å². The van der Waals surface area contributed by atoms with Crippen molar-refractivity contribution in [1.29, 1.82) is 0 Å². The Balaban J connectivity index is 1.48. The molecule has 0 radical (unpaired) electrons. The molecule has 0 spiro atoms. The zero-order valence-corrected chi connectivity index (χ0v) is 17.7. The van der Waals surface area contributed by atoms with Crippen LogP contribution < -0.4 is 11.2 Å². The van der Waals surface area contributed by atoms with Crippen LogP contribution in [-0.2, 0) is 6.54 Å². The summed E-state index contributed by atoms with van der Waals surface area (Å²) < 4.78 is 3.37. The number of hydrogen-bond acceptors (Lipinski definition) is 4. The summed E-state index contributed by atoms with van der Waals surface area (Å²) in [7, 11) is 0. The van der Waals surface area contributed by atoms with Crippen LogP contribution in [0, 0.1) is 5.92 Å². The quantitative estimate of drug-likeness (QED) is 0.224. The third-order valence-corrected chi connectivity index (χ3v) is 5.67. The van der Waals surface area contributed by atoms with Crippen LogP contribution in [0.5, 0.6) is 5.75 Å². The summed E-state index contributed by atoms with van der Waals surface area (Å²) in [5.41, 5.74) is 10.7. The molecule has 1 aromatic heterocycles. The van der Waals surface area contributed by atoms with E-state index in [0.717, 1.165) is 33.9 Å². The Morgan fingerprint density at radius 2 is 2.20 bits per heavy atom. The number of fused-ring (bicyclic) bond motifs is 1. The van der Waals surface area contributed by atoms with Crippen molar-refractivity contribution in [2.75, 3.05) is 5.73 Å². The first-order chi connectivity index (χ1) is 14.5. The van der Waals surface area contributed by atoms with Gasteiger partial charge in [-0.1, -0.05) is 46.3 Å². The number of hydrogen-bond donors (Lipinski definition) is 3. The lowest BCUT2D eigenvalue weighted by Gasteiger charge is -2.16. The third kappa shape index (κ3) is 4.31. The Bertz CT molecular complexity index is 1190. The van der Waals surface area contributed by atoms with E-state index in [4.69, 9.17) is 5.73 Å². The number of nitrogen functional groups attached to an aromatic ring is 1. The van der Waals surface area contributed by atoms with Crippen molar-refractivity contribution in [1.82, 2.24) is 9.99 Å². The molecule has 7 heteroatoms. The summed E-state index contributed by atoms with van der Waals surface area (Å²) in [5.74, 6) is 0.000804. The summed E-state index contributed by atoms with van der Waals surface area (Å²) in [4.78, 5) is 12.2. The first-order valence-electron chi connectivity index (χ1n) is 9.55. The number of phenolic OH excluding ortho intramolecular Hbond substituents is 1. The van der Waals surface area contributed by atoms with Crippen molar-refractivity contribution in [2.45, 2.75) is 13.0 Å². The number of phenols is 1. The lowest BCUT2D eigenvalue weighted by molar-refractivity contribution is 0.0955. The first kappa shape index (κ1) is 20.0. The number of halogens is 1. The van der Waals surface area contributed by atoms with E-state index in [1.54, 1.807) is 6.21 Å². The number of aromatic hydroxyl groups is 1. The molecule has 1 heterocycles. The zero-order chi connectivity index (χ0) is 21.1. The van der Waals surface area contributed by atoms with Crippen molar-refractivity contribution < 1.29 is 9.90 Å². The highest BCUT2D eigenvalue weighted by Gasteiger charge is 2.11. The fraction of sp³-hybridized carbons (Fsp3) is 0.130. The Hall–Kier alpha value is -3.32. The molecule has 30 heavy (non-hydrogen) atoms. The number of aromatic nitrogens is 1. The van der Waals surface area contributed by atoms with Gasteiger partial charge in [0.05, 0.1) is 11.9 Å². The highest BCUT2D eigenvalue weighted by atomic mass is 79.9. The number of carbonyl (C=O) groups excluding carboxylic acids is 1. The molecule has 4 N–H and O–H groups in total. The van der Waals surface area contributed by atoms with Crippen molar-refractivity contribution >= 4 is 44.6 Å². The van der Waals surface area contributed by atoms with Gasteiger partial charge in [0.25, 0.3) is 5.91 Å². The molecule has 1 amide bonds. The molecule has 0 fully saturated rings. The lowest BCUT2D eigenvalue weighted by Crippen LogP contribution is -2.17. The number of rotatable bonds is 5. The van der Waals surface area contributed by atoms with Crippen molar-refractivity contribution in [3.05, 3.63) is 82.5 Å². The Kier molecular flexibility index (Phi) is 5.72. The molecule has 0 aliphatic heterocycles. The molecule has 1 aliphatic carbocycles. The second-order valence-electron chi connectivity index (χ2n) is 7.16. The Morgan fingerprint density at radius 3 is 2.97 bits per heavy atom.